The molecule has 0 aliphatic carbocycles. The van der Waals surface area contributed by atoms with Gasteiger partial charge in [-0.2, -0.15) is 0 Å². The van der Waals surface area contributed by atoms with E-state index in [4.69, 9.17) is 4.74 Å². The molecule has 1 heterocycles. The average molecular weight is 508 g/mol. The summed E-state index contributed by atoms with van der Waals surface area (Å²) < 4.78 is 31.9. The molecule has 3 aromatic rings. The molecular formula is C28H33N3O4S. The molecule has 0 radical (unpaired) electrons. The number of carbonyl (C=O) groups excluding carboxylic acids is 1. The van der Waals surface area contributed by atoms with Crippen molar-refractivity contribution in [2.24, 2.45) is 0 Å². The second-order valence-electron chi connectivity index (χ2n) is 9.06. The SMILES string of the molecule is CS(=O)(=O)N(CC(=O)NCc1ccccc1CN1CCCCC1)c1ccc(Oc2ccccc2)cc1. The minimum Gasteiger partial charge on any atom is -0.457 e. The van der Waals surface area contributed by atoms with Gasteiger partial charge in [0.1, 0.15) is 18.0 Å². The van der Waals surface area contributed by atoms with Gasteiger partial charge in [0.25, 0.3) is 0 Å². The number of nitrogens with one attached hydrogen (secondary N) is 1. The largest absolute Gasteiger partial charge is 0.457 e. The van der Waals surface area contributed by atoms with Crippen LogP contribution >= 0.6 is 0 Å². The number of anilines is 1. The third kappa shape index (κ3) is 7.32. The first-order chi connectivity index (χ1) is 17.4. The fourth-order valence-corrected chi connectivity index (χ4v) is 5.18. The second kappa shape index (κ2) is 12.1. The minimum atomic E-state index is -3.67. The normalized spacial score (nSPS) is 14.2. The highest BCUT2D eigenvalue weighted by atomic mass is 32.2. The molecule has 190 valence electrons. The number of hydrogen-bond donors (Lipinski definition) is 1. The van der Waals surface area contributed by atoms with Crippen LogP contribution in [-0.4, -0.2) is 45.1 Å². The molecule has 3 aromatic carbocycles. The van der Waals surface area contributed by atoms with E-state index < -0.39 is 10.0 Å². The van der Waals surface area contributed by atoms with E-state index in [1.807, 2.05) is 48.5 Å². The van der Waals surface area contributed by atoms with Crippen LogP contribution in [0.4, 0.5) is 5.69 Å². The van der Waals surface area contributed by atoms with Crippen LogP contribution in [0.1, 0.15) is 30.4 Å². The Kier molecular flexibility index (Phi) is 8.61. The molecule has 4 rings (SSSR count). The number of ether oxygens (including phenoxy) is 1. The Bertz CT molecular complexity index is 1240. The Balaban J connectivity index is 1.38. The summed E-state index contributed by atoms with van der Waals surface area (Å²) in [6.07, 6.45) is 4.83. The molecule has 0 atom stereocenters. The summed E-state index contributed by atoms with van der Waals surface area (Å²) in [6.45, 7) is 3.10. The van der Waals surface area contributed by atoms with Crippen molar-refractivity contribution in [2.45, 2.75) is 32.4 Å². The van der Waals surface area contributed by atoms with Gasteiger partial charge in [-0.05, 0) is 73.5 Å². The number of para-hydroxylation sites is 1. The lowest BCUT2D eigenvalue weighted by Gasteiger charge is -2.27. The van der Waals surface area contributed by atoms with Gasteiger partial charge < -0.3 is 10.1 Å². The van der Waals surface area contributed by atoms with E-state index in [1.165, 1.54) is 24.8 Å². The first-order valence-electron chi connectivity index (χ1n) is 12.2. The van der Waals surface area contributed by atoms with Gasteiger partial charge in [-0.1, -0.05) is 48.9 Å². The van der Waals surface area contributed by atoms with Gasteiger partial charge >= 0.3 is 0 Å². The Morgan fingerprint density at radius 3 is 2.14 bits per heavy atom. The summed E-state index contributed by atoms with van der Waals surface area (Å²) in [5, 5.41) is 2.90. The zero-order valence-electron chi connectivity index (χ0n) is 20.6. The van der Waals surface area contributed by atoms with Crippen molar-refractivity contribution in [2.75, 3.05) is 30.2 Å². The number of sulfonamides is 1. The lowest BCUT2D eigenvalue weighted by Crippen LogP contribution is -2.40. The maximum Gasteiger partial charge on any atom is 0.241 e. The quantitative estimate of drug-likeness (QED) is 0.436. The molecular weight excluding hydrogens is 474 g/mol. The summed E-state index contributed by atoms with van der Waals surface area (Å²) in [4.78, 5) is 15.2. The maximum absolute atomic E-state index is 12.8. The highest BCUT2D eigenvalue weighted by molar-refractivity contribution is 7.92. The smallest absolute Gasteiger partial charge is 0.241 e. The number of piperidine rings is 1. The molecule has 1 aliphatic heterocycles. The van der Waals surface area contributed by atoms with Gasteiger partial charge in [0.05, 0.1) is 11.9 Å². The van der Waals surface area contributed by atoms with Crippen LogP contribution in [0.5, 0.6) is 11.5 Å². The monoisotopic (exact) mass is 507 g/mol. The van der Waals surface area contributed by atoms with Crippen molar-refractivity contribution in [1.82, 2.24) is 10.2 Å². The Morgan fingerprint density at radius 1 is 0.861 bits per heavy atom. The Morgan fingerprint density at radius 2 is 1.47 bits per heavy atom. The van der Waals surface area contributed by atoms with E-state index in [2.05, 4.69) is 16.3 Å². The number of rotatable bonds is 10. The van der Waals surface area contributed by atoms with E-state index in [1.54, 1.807) is 24.3 Å². The van der Waals surface area contributed by atoms with E-state index >= 15 is 0 Å². The molecule has 36 heavy (non-hydrogen) atoms. The van der Waals surface area contributed by atoms with Gasteiger partial charge in [-0.25, -0.2) is 8.42 Å². The van der Waals surface area contributed by atoms with Gasteiger partial charge in [0, 0.05) is 13.1 Å². The molecule has 1 aliphatic rings. The van der Waals surface area contributed by atoms with E-state index in [0.717, 1.165) is 35.8 Å². The highest BCUT2D eigenvalue weighted by Gasteiger charge is 2.21. The second-order valence-corrected chi connectivity index (χ2v) is 11.0. The lowest BCUT2D eigenvalue weighted by atomic mass is 10.0. The third-order valence-electron chi connectivity index (χ3n) is 6.23. The first kappa shape index (κ1) is 25.7. The summed E-state index contributed by atoms with van der Waals surface area (Å²) >= 11 is 0. The number of amides is 1. The summed E-state index contributed by atoms with van der Waals surface area (Å²) in [7, 11) is -3.67. The number of hydrogen-bond acceptors (Lipinski definition) is 5. The molecule has 0 bridgehead atoms. The lowest BCUT2D eigenvalue weighted by molar-refractivity contribution is -0.119. The van der Waals surface area contributed by atoms with E-state index in [-0.39, 0.29) is 12.5 Å². The molecule has 0 saturated carbocycles. The van der Waals surface area contributed by atoms with Crippen LogP contribution in [0.2, 0.25) is 0 Å². The topological polar surface area (TPSA) is 79.0 Å². The summed E-state index contributed by atoms with van der Waals surface area (Å²) in [5.41, 5.74) is 2.64. The molecule has 1 N–H and O–H groups in total. The van der Waals surface area contributed by atoms with Crippen molar-refractivity contribution in [3.63, 3.8) is 0 Å². The molecule has 8 heteroatoms. The molecule has 7 nitrogen and oxygen atoms in total. The van der Waals surface area contributed by atoms with E-state index in [9.17, 15) is 13.2 Å². The van der Waals surface area contributed by atoms with Crippen molar-refractivity contribution >= 4 is 21.6 Å². The molecule has 1 fully saturated rings. The van der Waals surface area contributed by atoms with Gasteiger partial charge in [-0.3, -0.25) is 14.0 Å². The molecule has 1 saturated heterocycles. The van der Waals surface area contributed by atoms with Crippen LogP contribution in [0.15, 0.2) is 78.9 Å². The van der Waals surface area contributed by atoms with Crippen molar-refractivity contribution in [1.29, 1.82) is 0 Å². The molecule has 0 unspecified atom stereocenters. The fourth-order valence-electron chi connectivity index (χ4n) is 4.33. The molecule has 0 aromatic heterocycles. The minimum absolute atomic E-state index is 0.300. The predicted molar refractivity (Wildman–Crippen MR) is 143 cm³/mol. The number of likely N-dealkylation sites (tertiary alicyclic amines) is 1. The van der Waals surface area contributed by atoms with Crippen LogP contribution < -0.4 is 14.4 Å². The summed E-state index contributed by atoms with van der Waals surface area (Å²) in [6, 6.07) is 24.1. The first-order valence-corrected chi connectivity index (χ1v) is 14.1. The van der Waals surface area contributed by atoms with Crippen molar-refractivity contribution in [3.8, 4) is 11.5 Å². The van der Waals surface area contributed by atoms with Gasteiger partial charge in [0.2, 0.25) is 15.9 Å². The fraction of sp³-hybridized carbons (Fsp3) is 0.321. The van der Waals surface area contributed by atoms with E-state index in [0.29, 0.717) is 23.7 Å². The van der Waals surface area contributed by atoms with Crippen LogP contribution in [-0.2, 0) is 27.9 Å². The number of benzene rings is 3. The zero-order chi connectivity index (χ0) is 25.4. The Hall–Kier alpha value is -3.36. The number of nitrogens with zero attached hydrogens (tertiary/aromatic N) is 2. The standard InChI is InChI=1S/C28H33N3O4S/c1-36(33,34)31(25-14-16-27(17-15-25)35-26-12-4-2-5-13-26)22-28(32)29-20-23-10-6-7-11-24(23)21-30-18-8-3-9-19-30/h2,4-7,10-17H,3,8-9,18-22H2,1H3,(H,29,32). The maximum atomic E-state index is 12.8. The average Bonchev–Trinajstić information content (AvgIpc) is 2.88. The molecule has 0 spiro atoms. The molecule has 1 amide bonds. The van der Waals surface area contributed by atoms with Gasteiger partial charge in [-0.15, -0.1) is 0 Å². The highest BCUT2D eigenvalue weighted by Crippen LogP contribution is 2.25. The number of carbonyl (C=O) groups is 1. The van der Waals surface area contributed by atoms with Gasteiger partial charge in [0.15, 0.2) is 0 Å². The van der Waals surface area contributed by atoms with Crippen LogP contribution in [0.25, 0.3) is 0 Å². The predicted octanol–water partition coefficient (Wildman–Crippen LogP) is 4.55. The summed E-state index contributed by atoms with van der Waals surface area (Å²) in [5.74, 6) is 0.899. The van der Waals surface area contributed by atoms with Crippen LogP contribution in [0, 0.1) is 0 Å². The Labute approximate surface area is 213 Å². The van der Waals surface area contributed by atoms with Crippen molar-refractivity contribution in [3.05, 3.63) is 90.0 Å². The van der Waals surface area contributed by atoms with Crippen molar-refractivity contribution < 1.29 is 17.9 Å². The zero-order valence-corrected chi connectivity index (χ0v) is 21.4. The van der Waals surface area contributed by atoms with Crippen LogP contribution in [0.3, 0.4) is 0 Å². The third-order valence-corrected chi connectivity index (χ3v) is 7.37.